The summed E-state index contributed by atoms with van der Waals surface area (Å²) in [6.45, 7) is 4.17. The highest BCUT2D eigenvalue weighted by Gasteiger charge is 2.02. The molecule has 0 amide bonds. The fraction of sp³-hybridized carbons (Fsp3) is 0.571. The number of halogens is 1. The van der Waals surface area contributed by atoms with Crippen molar-refractivity contribution in [2.45, 2.75) is 31.6 Å². The first-order valence-corrected chi connectivity index (χ1v) is 6.48. The summed E-state index contributed by atoms with van der Waals surface area (Å²) < 4.78 is 0. The Hall–Kier alpha value is -0.530. The Balaban J connectivity index is 2.08. The van der Waals surface area contributed by atoms with Gasteiger partial charge in [0.1, 0.15) is 0 Å². The van der Waals surface area contributed by atoms with Gasteiger partial charge in [0, 0.05) is 11.9 Å². The molecule has 0 spiro atoms. The minimum absolute atomic E-state index is 0.249. The van der Waals surface area contributed by atoms with Gasteiger partial charge in [0.05, 0.1) is 0 Å². The van der Waals surface area contributed by atoms with Crippen molar-refractivity contribution in [2.24, 2.45) is 0 Å². The summed E-state index contributed by atoms with van der Waals surface area (Å²) in [4.78, 5) is 2.31. The van der Waals surface area contributed by atoms with Gasteiger partial charge in [-0.2, -0.15) is 0 Å². The maximum absolute atomic E-state index is 5.94. The number of benzene rings is 1. The van der Waals surface area contributed by atoms with Crippen molar-refractivity contribution >= 4 is 11.6 Å². The fourth-order valence-corrected chi connectivity index (χ4v) is 2.11. The third-order valence-electron chi connectivity index (χ3n) is 2.66. The lowest BCUT2D eigenvalue weighted by Crippen LogP contribution is -2.25. The fourth-order valence-electron chi connectivity index (χ4n) is 1.88. The van der Waals surface area contributed by atoms with Crippen LogP contribution in [0.15, 0.2) is 30.3 Å². The summed E-state index contributed by atoms with van der Waals surface area (Å²) in [5, 5.41) is 0.249. The Morgan fingerprint density at radius 2 is 1.88 bits per heavy atom. The van der Waals surface area contributed by atoms with Crippen molar-refractivity contribution in [3.63, 3.8) is 0 Å². The van der Waals surface area contributed by atoms with E-state index in [1.54, 1.807) is 0 Å². The lowest BCUT2D eigenvalue weighted by molar-refractivity contribution is 0.329. The molecule has 0 saturated heterocycles. The average molecular weight is 240 g/mol. The van der Waals surface area contributed by atoms with Gasteiger partial charge in [-0.05, 0) is 45.3 Å². The standard InChI is InChI=1S/C14H22ClN/c1-13(15)12-16(2)11-7-6-10-14-8-4-3-5-9-14/h3-5,8-9,13H,6-7,10-12H2,1-2H3. The zero-order chi connectivity index (χ0) is 11.8. The van der Waals surface area contributed by atoms with Gasteiger partial charge in [-0.1, -0.05) is 30.3 Å². The monoisotopic (exact) mass is 239 g/mol. The molecule has 0 radical (unpaired) electrons. The number of unbranched alkanes of at least 4 members (excludes halogenated alkanes) is 1. The molecule has 0 aliphatic carbocycles. The van der Waals surface area contributed by atoms with Crippen LogP contribution in [-0.2, 0) is 6.42 Å². The second kappa shape index (κ2) is 7.70. The average Bonchev–Trinajstić information content (AvgIpc) is 2.25. The van der Waals surface area contributed by atoms with Gasteiger partial charge in [-0.3, -0.25) is 0 Å². The zero-order valence-corrected chi connectivity index (χ0v) is 11.1. The van der Waals surface area contributed by atoms with Crippen LogP contribution in [0.2, 0.25) is 0 Å². The molecule has 1 rings (SSSR count). The van der Waals surface area contributed by atoms with Crippen LogP contribution in [0.3, 0.4) is 0 Å². The summed E-state index contributed by atoms with van der Waals surface area (Å²) >= 11 is 5.94. The molecular formula is C14H22ClN. The van der Waals surface area contributed by atoms with E-state index in [1.807, 2.05) is 6.92 Å². The molecule has 1 aromatic carbocycles. The molecule has 0 aliphatic rings. The van der Waals surface area contributed by atoms with Crippen LogP contribution in [0.5, 0.6) is 0 Å². The van der Waals surface area contributed by atoms with Crippen molar-refractivity contribution in [3.05, 3.63) is 35.9 Å². The first kappa shape index (κ1) is 13.5. The summed E-state index contributed by atoms with van der Waals surface area (Å²) in [5.41, 5.74) is 1.44. The van der Waals surface area contributed by atoms with Crippen molar-refractivity contribution in [2.75, 3.05) is 20.1 Å². The molecule has 0 heterocycles. The van der Waals surface area contributed by atoms with Gasteiger partial charge in [0.2, 0.25) is 0 Å². The summed E-state index contributed by atoms with van der Waals surface area (Å²) in [6.07, 6.45) is 3.69. The smallest absolute Gasteiger partial charge is 0.0434 e. The second-order valence-electron chi connectivity index (χ2n) is 4.49. The maximum atomic E-state index is 5.94. The quantitative estimate of drug-likeness (QED) is 0.520. The van der Waals surface area contributed by atoms with E-state index >= 15 is 0 Å². The Morgan fingerprint density at radius 1 is 1.19 bits per heavy atom. The Labute approximate surface area is 104 Å². The first-order valence-electron chi connectivity index (χ1n) is 6.05. The summed E-state index contributed by atoms with van der Waals surface area (Å²) in [6, 6.07) is 10.7. The molecule has 0 fully saturated rings. The van der Waals surface area contributed by atoms with Crippen molar-refractivity contribution < 1.29 is 0 Å². The number of alkyl halides is 1. The van der Waals surface area contributed by atoms with E-state index in [-0.39, 0.29) is 5.38 Å². The van der Waals surface area contributed by atoms with Gasteiger partial charge in [-0.15, -0.1) is 11.6 Å². The van der Waals surface area contributed by atoms with E-state index in [0.29, 0.717) is 0 Å². The lowest BCUT2D eigenvalue weighted by atomic mass is 10.1. The van der Waals surface area contributed by atoms with Gasteiger partial charge in [0.25, 0.3) is 0 Å². The molecule has 1 atom stereocenters. The van der Waals surface area contributed by atoms with Crippen LogP contribution in [0.1, 0.15) is 25.3 Å². The predicted octanol–water partition coefficient (Wildman–Crippen LogP) is 3.57. The van der Waals surface area contributed by atoms with Crippen LogP contribution < -0.4 is 0 Å². The highest BCUT2D eigenvalue weighted by atomic mass is 35.5. The molecule has 1 unspecified atom stereocenters. The third kappa shape index (κ3) is 6.14. The summed E-state index contributed by atoms with van der Waals surface area (Å²) in [7, 11) is 2.14. The van der Waals surface area contributed by atoms with Crippen molar-refractivity contribution in [3.8, 4) is 0 Å². The highest BCUT2D eigenvalue weighted by molar-refractivity contribution is 6.20. The molecular weight excluding hydrogens is 218 g/mol. The van der Waals surface area contributed by atoms with E-state index in [2.05, 4.69) is 42.3 Å². The van der Waals surface area contributed by atoms with Crippen molar-refractivity contribution in [1.29, 1.82) is 0 Å². The molecule has 0 saturated carbocycles. The molecule has 0 bridgehead atoms. The topological polar surface area (TPSA) is 3.24 Å². The Bertz CT molecular complexity index is 271. The predicted molar refractivity (Wildman–Crippen MR) is 72.2 cm³/mol. The minimum Gasteiger partial charge on any atom is -0.305 e. The third-order valence-corrected chi connectivity index (χ3v) is 2.80. The maximum Gasteiger partial charge on any atom is 0.0434 e. The van der Waals surface area contributed by atoms with Crippen molar-refractivity contribution in [1.82, 2.24) is 4.90 Å². The summed E-state index contributed by atoms with van der Waals surface area (Å²) in [5.74, 6) is 0. The normalized spacial score (nSPS) is 13.0. The molecule has 1 aromatic rings. The molecule has 0 aromatic heterocycles. The number of aryl methyl sites for hydroxylation is 1. The van der Waals surface area contributed by atoms with E-state index in [1.165, 1.54) is 24.8 Å². The molecule has 2 heteroatoms. The molecule has 0 N–H and O–H groups in total. The number of rotatable bonds is 7. The van der Waals surface area contributed by atoms with Crippen LogP contribution in [0, 0.1) is 0 Å². The first-order chi connectivity index (χ1) is 7.68. The highest BCUT2D eigenvalue weighted by Crippen LogP contribution is 2.05. The largest absolute Gasteiger partial charge is 0.305 e. The second-order valence-corrected chi connectivity index (χ2v) is 5.23. The van der Waals surface area contributed by atoms with Crippen LogP contribution in [0.4, 0.5) is 0 Å². The number of nitrogens with zero attached hydrogens (tertiary/aromatic N) is 1. The van der Waals surface area contributed by atoms with Gasteiger partial charge in [-0.25, -0.2) is 0 Å². The lowest BCUT2D eigenvalue weighted by Gasteiger charge is -2.17. The van der Waals surface area contributed by atoms with E-state index in [4.69, 9.17) is 11.6 Å². The van der Waals surface area contributed by atoms with Gasteiger partial charge < -0.3 is 4.90 Å². The number of hydrogen-bond acceptors (Lipinski definition) is 1. The van der Waals surface area contributed by atoms with Crippen LogP contribution in [0.25, 0.3) is 0 Å². The molecule has 1 nitrogen and oxygen atoms in total. The van der Waals surface area contributed by atoms with E-state index < -0.39 is 0 Å². The van der Waals surface area contributed by atoms with Crippen LogP contribution in [-0.4, -0.2) is 30.4 Å². The van der Waals surface area contributed by atoms with Gasteiger partial charge in [0.15, 0.2) is 0 Å². The Kier molecular flexibility index (Phi) is 6.51. The van der Waals surface area contributed by atoms with E-state index in [0.717, 1.165) is 13.1 Å². The number of hydrogen-bond donors (Lipinski definition) is 0. The minimum atomic E-state index is 0.249. The van der Waals surface area contributed by atoms with E-state index in [9.17, 15) is 0 Å². The Morgan fingerprint density at radius 3 is 2.50 bits per heavy atom. The van der Waals surface area contributed by atoms with Crippen LogP contribution >= 0.6 is 11.6 Å². The molecule has 16 heavy (non-hydrogen) atoms. The van der Waals surface area contributed by atoms with Gasteiger partial charge >= 0.3 is 0 Å². The SMILES string of the molecule is CC(Cl)CN(C)CCCCc1ccccc1. The zero-order valence-electron chi connectivity index (χ0n) is 10.3. The molecule has 90 valence electrons. The molecule has 0 aliphatic heterocycles.